The molecule has 2 aromatic rings. The maximum Gasteiger partial charge on any atom is 0.262 e. The average Bonchev–Trinajstić information content (AvgIpc) is 3.30. The Morgan fingerprint density at radius 3 is 2.88 bits per heavy atom. The largest absolute Gasteiger partial charge is 0.396 e. The monoisotopic (exact) mass is 323 g/mol. The first-order valence-electron chi connectivity index (χ1n) is 8.42. The summed E-state index contributed by atoms with van der Waals surface area (Å²) < 4.78 is 0. The number of pyridine rings is 1. The summed E-state index contributed by atoms with van der Waals surface area (Å²) in [6, 6.07) is 11.6. The summed E-state index contributed by atoms with van der Waals surface area (Å²) in [5.74, 6) is 0.580. The number of aliphatic hydroxyl groups excluding tert-OH is 1. The molecule has 124 valence electrons. The van der Waals surface area contributed by atoms with E-state index >= 15 is 0 Å². The van der Waals surface area contributed by atoms with Crippen LogP contribution < -0.4 is 10.2 Å². The molecule has 2 heterocycles. The number of carbonyl (C=O) groups is 1. The van der Waals surface area contributed by atoms with E-state index in [0.29, 0.717) is 24.5 Å². The molecule has 0 unspecified atom stereocenters. The second-order valence-corrected chi connectivity index (χ2v) is 6.75. The molecule has 5 nitrogen and oxygen atoms in total. The number of anilines is 2. The maximum absolute atomic E-state index is 13.0. The molecule has 0 radical (unpaired) electrons. The van der Waals surface area contributed by atoms with Crippen molar-refractivity contribution >= 4 is 17.4 Å². The van der Waals surface area contributed by atoms with E-state index in [0.717, 1.165) is 24.9 Å². The van der Waals surface area contributed by atoms with E-state index in [-0.39, 0.29) is 17.9 Å². The number of aromatic nitrogens is 1. The van der Waals surface area contributed by atoms with Gasteiger partial charge in [0, 0.05) is 30.4 Å². The lowest BCUT2D eigenvalue weighted by Crippen LogP contribution is -2.30. The normalized spacial score (nSPS) is 17.5. The highest BCUT2D eigenvalue weighted by Crippen LogP contribution is 2.45. The summed E-state index contributed by atoms with van der Waals surface area (Å²) in [7, 11) is 0. The molecule has 2 aliphatic rings. The van der Waals surface area contributed by atoms with Gasteiger partial charge in [-0.2, -0.15) is 0 Å². The fraction of sp³-hybridized carbons (Fsp3) is 0.368. The summed E-state index contributed by atoms with van der Waals surface area (Å²) in [4.78, 5) is 19.2. The number of amides is 1. The van der Waals surface area contributed by atoms with E-state index in [9.17, 15) is 9.90 Å². The Morgan fingerprint density at radius 2 is 2.08 bits per heavy atom. The second-order valence-electron chi connectivity index (χ2n) is 6.75. The molecule has 2 N–H and O–H groups in total. The smallest absolute Gasteiger partial charge is 0.262 e. The Kier molecular flexibility index (Phi) is 3.73. The van der Waals surface area contributed by atoms with Crippen LogP contribution in [0.5, 0.6) is 0 Å². The molecule has 4 rings (SSSR count). The zero-order valence-electron chi connectivity index (χ0n) is 13.5. The fourth-order valence-corrected chi connectivity index (χ4v) is 3.25. The minimum atomic E-state index is -0.0297. The molecule has 1 amide bonds. The quantitative estimate of drug-likeness (QED) is 0.887. The zero-order chi connectivity index (χ0) is 16.6. The van der Waals surface area contributed by atoms with Crippen molar-refractivity contribution in [1.29, 1.82) is 0 Å². The van der Waals surface area contributed by atoms with Gasteiger partial charge in [-0.15, -0.1) is 0 Å². The van der Waals surface area contributed by atoms with Crippen molar-refractivity contribution in [3.05, 3.63) is 53.7 Å². The molecule has 1 aromatic carbocycles. The number of benzene rings is 1. The van der Waals surface area contributed by atoms with Crippen molar-refractivity contribution in [3.63, 3.8) is 0 Å². The van der Waals surface area contributed by atoms with E-state index in [4.69, 9.17) is 0 Å². The zero-order valence-corrected chi connectivity index (χ0v) is 13.5. The third kappa shape index (κ3) is 2.65. The van der Waals surface area contributed by atoms with Gasteiger partial charge in [0.2, 0.25) is 0 Å². The number of nitrogens with zero attached hydrogens (tertiary/aromatic N) is 2. The van der Waals surface area contributed by atoms with Crippen LogP contribution in [0.2, 0.25) is 0 Å². The Bertz CT molecular complexity index is 771. The third-order valence-electron chi connectivity index (χ3n) is 5.09. The van der Waals surface area contributed by atoms with Gasteiger partial charge in [-0.1, -0.05) is 18.2 Å². The van der Waals surface area contributed by atoms with Gasteiger partial charge >= 0.3 is 0 Å². The second kappa shape index (κ2) is 5.91. The van der Waals surface area contributed by atoms with Gasteiger partial charge in [0.05, 0.1) is 12.2 Å². The van der Waals surface area contributed by atoms with Gasteiger partial charge in [-0.25, -0.2) is 4.98 Å². The number of aliphatic hydroxyl groups is 1. The van der Waals surface area contributed by atoms with Gasteiger partial charge in [0.1, 0.15) is 5.82 Å². The number of hydrogen-bond donors (Lipinski definition) is 2. The van der Waals surface area contributed by atoms with Crippen molar-refractivity contribution in [2.45, 2.75) is 19.3 Å². The van der Waals surface area contributed by atoms with Crippen LogP contribution in [0.1, 0.15) is 28.8 Å². The summed E-state index contributed by atoms with van der Waals surface area (Å²) in [6.45, 7) is 1.53. The van der Waals surface area contributed by atoms with Crippen LogP contribution in [0.15, 0.2) is 42.6 Å². The predicted octanol–water partition coefficient (Wildman–Crippen LogP) is 2.47. The number of para-hydroxylation sites is 1. The van der Waals surface area contributed by atoms with Crippen LogP contribution >= 0.6 is 0 Å². The highest BCUT2D eigenvalue weighted by Gasteiger charge is 2.42. The number of carbonyl (C=O) groups excluding carboxylic acids is 1. The number of fused-ring (bicyclic) bond motifs is 1. The van der Waals surface area contributed by atoms with Gasteiger partial charge in [-0.3, -0.25) is 4.79 Å². The Labute approximate surface area is 141 Å². The number of rotatable bonds is 5. The lowest BCUT2D eigenvalue weighted by molar-refractivity contribution is 0.0990. The minimum absolute atomic E-state index is 0.0237. The molecule has 0 bridgehead atoms. The molecule has 1 saturated carbocycles. The van der Waals surface area contributed by atoms with Crippen LogP contribution in [0, 0.1) is 5.41 Å². The van der Waals surface area contributed by atoms with Crippen molar-refractivity contribution in [2.24, 2.45) is 5.41 Å². The first kappa shape index (κ1) is 15.1. The van der Waals surface area contributed by atoms with E-state index in [2.05, 4.69) is 16.4 Å². The van der Waals surface area contributed by atoms with Crippen LogP contribution in [0.3, 0.4) is 0 Å². The molecule has 24 heavy (non-hydrogen) atoms. The van der Waals surface area contributed by atoms with Crippen molar-refractivity contribution in [1.82, 2.24) is 4.98 Å². The summed E-state index contributed by atoms with van der Waals surface area (Å²) in [5, 5.41) is 12.7. The van der Waals surface area contributed by atoms with Gasteiger partial charge in [0.15, 0.2) is 0 Å². The van der Waals surface area contributed by atoms with E-state index in [1.54, 1.807) is 12.3 Å². The highest BCUT2D eigenvalue weighted by molar-refractivity contribution is 6.10. The Morgan fingerprint density at radius 1 is 1.25 bits per heavy atom. The lowest BCUT2D eigenvalue weighted by atomic mass is 10.1. The maximum atomic E-state index is 13.0. The molecule has 0 spiro atoms. The molecule has 1 aliphatic heterocycles. The van der Waals surface area contributed by atoms with E-state index in [1.165, 1.54) is 5.56 Å². The van der Waals surface area contributed by atoms with Gasteiger partial charge < -0.3 is 15.3 Å². The first-order chi connectivity index (χ1) is 11.7. The average molecular weight is 323 g/mol. The van der Waals surface area contributed by atoms with Crippen LogP contribution in [-0.2, 0) is 6.42 Å². The van der Waals surface area contributed by atoms with Gasteiger partial charge in [0.25, 0.3) is 5.91 Å². The van der Waals surface area contributed by atoms with Crippen LogP contribution in [0.4, 0.5) is 11.5 Å². The topological polar surface area (TPSA) is 65.5 Å². The summed E-state index contributed by atoms with van der Waals surface area (Å²) in [5.41, 5.74) is 2.76. The van der Waals surface area contributed by atoms with Crippen LogP contribution in [-0.4, -0.2) is 35.7 Å². The highest BCUT2D eigenvalue weighted by atomic mass is 16.3. The Balaban J connectivity index is 1.57. The standard InChI is InChI=1S/C19H21N3O2/c23-13-19(8-9-19)12-21-17-15(5-3-10-20-17)18(24)22-11-7-14-4-1-2-6-16(14)22/h1-6,10,23H,7-9,11-13H2,(H,20,21). The molecule has 1 aromatic heterocycles. The number of hydrogen-bond acceptors (Lipinski definition) is 4. The minimum Gasteiger partial charge on any atom is -0.396 e. The predicted molar refractivity (Wildman–Crippen MR) is 93.3 cm³/mol. The van der Waals surface area contributed by atoms with Crippen LogP contribution in [0.25, 0.3) is 0 Å². The van der Waals surface area contributed by atoms with Crippen molar-refractivity contribution in [3.8, 4) is 0 Å². The summed E-state index contributed by atoms with van der Waals surface area (Å²) in [6.07, 6.45) is 4.62. The molecule has 5 heteroatoms. The van der Waals surface area contributed by atoms with E-state index < -0.39 is 0 Å². The lowest BCUT2D eigenvalue weighted by Gasteiger charge is -2.20. The molecule has 0 atom stereocenters. The number of nitrogens with one attached hydrogen (secondary N) is 1. The van der Waals surface area contributed by atoms with E-state index in [1.807, 2.05) is 29.2 Å². The third-order valence-corrected chi connectivity index (χ3v) is 5.09. The van der Waals surface area contributed by atoms with Crippen molar-refractivity contribution < 1.29 is 9.90 Å². The SMILES string of the molecule is O=C(c1cccnc1NCC1(CO)CC1)N1CCc2ccccc21. The molecule has 1 aliphatic carbocycles. The summed E-state index contributed by atoms with van der Waals surface area (Å²) >= 11 is 0. The van der Waals surface area contributed by atoms with Gasteiger partial charge in [-0.05, 0) is 43.0 Å². The molecular formula is C19H21N3O2. The molecule has 1 fully saturated rings. The first-order valence-corrected chi connectivity index (χ1v) is 8.42. The fourth-order valence-electron chi connectivity index (χ4n) is 3.25. The van der Waals surface area contributed by atoms with Crippen molar-refractivity contribution in [2.75, 3.05) is 29.9 Å². The Hall–Kier alpha value is -2.40. The molecular weight excluding hydrogens is 302 g/mol. The molecule has 0 saturated heterocycles.